The van der Waals surface area contributed by atoms with Gasteiger partial charge in [-0.15, -0.1) is 0 Å². The maximum Gasteiger partial charge on any atom is 0.224 e. The molecule has 2 amide bonds. The van der Waals surface area contributed by atoms with Crippen molar-refractivity contribution in [3.05, 3.63) is 0 Å². The molecule has 0 bridgehead atoms. The highest BCUT2D eigenvalue weighted by molar-refractivity contribution is 5.83. The average Bonchev–Trinajstić information content (AvgIpc) is 2.15. The van der Waals surface area contributed by atoms with Crippen LogP contribution in [0.5, 0.6) is 0 Å². The number of carbonyl (C=O) groups is 2. The van der Waals surface area contributed by atoms with Gasteiger partial charge in [0, 0.05) is 19.5 Å². The fraction of sp³-hybridized carbons (Fsp3) is 0.778. The molecule has 5 nitrogen and oxygen atoms in total. The number of amides is 2. The second-order valence-electron chi connectivity index (χ2n) is 3.63. The van der Waals surface area contributed by atoms with Crippen LogP contribution in [0, 0.1) is 5.92 Å². The van der Waals surface area contributed by atoms with Crippen molar-refractivity contribution < 1.29 is 14.7 Å². The molecule has 0 radical (unpaired) electrons. The Kier molecular flexibility index (Phi) is 3.88. The van der Waals surface area contributed by atoms with Crippen molar-refractivity contribution in [3.63, 3.8) is 0 Å². The Morgan fingerprint density at radius 1 is 1.79 bits per heavy atom. The van der Waals surface area contributed by atoms with Crippen LogP contribution in [0.1, 0.15) is 19.8 Å². The second kappa shape index (κ2) is 4.95. The molecule has 0 spiro atoms. The van der Waals surface area contributed by atoms with Crippen LogP contribution in [0.15, 0.2) is 0 Å². The monoisotopic (exact) mass is 200 g/mol. The predicted molar refractivity (Wildman–Crippen MR) is 50.4 cm³/mol. The van der Waals surface area contributed by atoms with Gasteiger partial charge < -0.3 is 15.7 Å². The van der Waals surface area contributed by atoms with Gasteiger partial charge in [0.15, 0.2) is 0 Å². The summed E-state index contributed by atoms with van der Waals surface area (Å²) in [4.78, 5) is 22.3. The van der Waals surface area contributed by atoms with Crippen LogP contribution in [-0.4, -0.2) is 36.1 Å². The molecule has 1 unspecified atom stereocenters. The van der Waals surface area contributed by atoms with Crippen LogP contribution in [0.2, 0.25) is 0 Å². The van der Waals surface area contributed by atoms with Crippen LogP contribution in [0.25, 0.3) is 0 Å². The van der Waals surface area contributed by atoms with Gasteiger partial charge in [-0.3, -0.25) is 9.59 Å². The fourth-order valence-corrected chi connectivity index (χ4v) is 1.35. The van der Waals surface area contributed by atoms with E-state index in [1.807, 2.05) is 0 Å². The van der Waals surface area contributed by atoms with E-state index in [0.29, 0.717) is 19.4 Å². The number of aliphatic hydroxyl groups excluding tert-OH is 1. The standard InChI is InChI=1S/C9H16N2O3/c1-6(12)4-11-9(14)7-2-3-8(13)10-5-7/h6-7,12H,2-5H2,1H3,(H,10,13)(H,11,14)/t6-,7?/m1/s1. The Balaban J connectivity index is 2.27. The van der Waals surface area contributed by atoms with E-state index in [4.69, 9.17) is 5.11 Å². The maximum atomic E-state index is 11.4. The van der Waals surface area contributed by atoms with Crippen molar-refractivity contribution in [2.24, 2.45) is 5.92 Å². The summed E-state index contributed by atoms with van der Waals surface area (Å²) in [7, 11) is 0. The number of rotatable bonds is 3. The molecule has 3 N–H and O–H groups in total. The Hall–Kier alpha value is -1.10. The zero-order chi connectivity index (χ0) is 10.6. The van der Waals surface area contributed by atoms with Crippen LogP contribution >= 0.6 is 0 Å². The van der Waals surface area contributed by atoms with E-state index in [1.54, 1.807) is 6.92 Å². The lowest BCUT2D eigenvalue weighted by Gasteiger charge is -2.21. The van der Waals surface area contributed by atoms with Crippen molar-refractivity contribution in [2.45, 2.75) is 25.9 Å². The van der Waals surface area contributed by atoms with Crippen molar-refractivity contribution in [3.8, 4) is 0 Å². The number of piperidine rings is 1. The quantitative estimate of drug-likeness (QED) is 0.547. The fourth-order valence-electron chi connectivity index (χ4n) is 1.35. The van der Waals surface area contributed by atoms with Crippen molar-refractivity contribution in [1.82, 2.24) is 10.6 Å². The molecule has 1 saturated heterocycles. The second-order valence-corrected chi connectivity index (χ2v) is 3.63. The molecule has 1 fully saturated rings. The van der Waals surface area contributed by atoms with Gasteiger partial charge in [0.05, 0.1) is 12.0 Å². The summed E-state index contributed by atoms with van der Waals surface area (Å²) in [5.41, 5.74) is 0. The van der Waals surface area contributed by atoms with Gasteiger partial charge in [0.25, 0.3) is 0 Å². The lowest BCUT2D eigenvalue weighted by molar-refractivity contribution is -0.129. The summed E-state index contributed by atoms with van der Waals surface area (Å²) in [5, 5.41) is 14.2. The molecule has 0 saturated carbocycles. The number of nitrogens with one attached hydrogen (secondary N) is 2. The molecule has 0 aromatic carbocycles. The van der Waals surface area contributed by atoms with Crippen molar-refractivity contribution in [1.29, 1.82) is 0 Å². The minimum atomic E-state index is -0.530. The third-order valence-corrected chi connectivity index (χ3v) is 2.21. The third-order valence-electron chi connectivity index (χ3n) is 2.21. The van der Waals surface area contributed by atoms with E-state index in [9.17, 15) is 9.59 Å². The van der Waals surface area contributed by atoms with Gasteiger partial charge in [-0.2, -0.15) is 0 Å². The molecule has 1 aliphatic heterocycles. The summed E-state index contributed by atoms with van der Waals surface area (Å²) >= 11 is 0. The summed E-state index contributed by atoms with van der Waals surface area (Å²) in [6.45, 7) is 2.29. The van der Waals surface area contributed by atoms with Crippen LogP contribution < -0.4 is 10.6 Å². The predicted octanol–water partition coefficient (Wildman–Crippen LogP) is -0.990. The lowest BCUT2D eigenvalue weighted by atomic mass is 9.98. The first-order valence-corrected chi connectivity index (χ1v) is 4.82. The van der Waals surface area contributed by atoms with E-state index in [2.05, 4.69) is 10.6 Å². The Labute approximate surface area is 82.9 Å². The van der Waals surface area contributed by atoms with Gasteiger partial charge in [0.2, 0.25) is 11.8 Å². The summed E-state index contributed by atoms with van der Waals surface area (Å²) in [6, 6.07) is 0. The molecule has 0 aliphatic carbocycles. The molecule has 0 aromatic rings. The van der Waals surface area contributed by atoms with E-state index in [-0.39, 0.29) is 24.3 Å². The largest absolute Gasteiger partial charge is 0.392 e. The van der Waals surface area contributed by atoms with E-state index < -0.39 is 6.10 Å². The molecule has 1 rings (SSSR count). The topological polar surface area (TPSA) is 78.4 Å². The Morgan fingerprint density at radius 3 is 3.00 bits per heavy atom. The van der Waals surface area contributed by atoms with Gasteiger partial charge in [-0.1, -0.05) is 0 Å². The molecular weight excluding hydrogens is 184 g/mol. The third kappa shape index (κ3) is 3.33. The first-order valence-electron chi connectivity index (χ1n) is 4.82. The van der Waals surface area contributed by atoms with Gasteiger partial charge in [0.1, 0.15) is 0 Å². The molecule has 14 heavy (non-hydrogen) atoms. The number of carbonyl (C=O) groups excluding carboxylic acids is 2. The summed E-state index contributed by atoms with van der Waals surface area (Å²) in [5.74, 6) is -0.234. The zero-order valence-corrected chi connectivity index (χ0v) is 8.25. The lowest BCUT2D eigenvalue weighted by Crippen LogP contribution is -2.44. The van der Waals surface area contributed by atoms with Crippen molar-refractivity contribution in [2.75, 3.05) is 13.1 Å². The smallest absolute Gasteiger partial charge is 0.224 e. The molecule has 80 valence electrons. The highest BCUT2D eigenvalue weighted by Gasteiger charge is 2.24. The average molecular weight is 200 g/mol. The van der Waals surface area contributed by atoms with Crippen LogP contribution in [0.4, 0.5) is 0 Å². The SMILES string of the molecule is C[C@@H](O)CNC(=O)C1CCC(=O)NC1. The van der Waals surface area contributed by atoms with E-state index >= 15 is 0 Å². The van der Waals surface area contributed by atoms with Gasteiger partial charge >= 0.3 is 0 Å². The molecule has 1 aliphatic rings. The first kappa shape index (κ1) is 11.0. The molecular formula is C9H16N2O3. The van der Waals surface area contributed by atoms with E-state index in [0.717, 1.165) is 0 Å². The summed E-state index contributed by atoms with van der Waals surface area (Å²) in [6.07, 6.45) is 0.474. The Morgan fingerprint density at radius 2 is 2.50 bits per heavy atom. The highest BCUT2D eigenvalue weighted by Crippen LogP contribution is 2.10. The van der Waals surface area contributed by atoms with E-state index in [1.165, 1.54) is 0 Å². The molecule has 2 atom stereocenters. The molecule has 0 aromatic heterocycles. The summed E-state index contributed by atoms with van der Waals surface area (Å²) < 4.78 is 0. The molecule has 1 heterocycles. The zero-order valence-electron chi connectivity index (χ0n) is 8.25. The normalized spacial score (nSPS) is 23.9. The number of hydrogen-bond acceptors (Lipinski definition) is 3. The number of hydrogen-bond donors (Lipinski definition) is 3. The van der Waals surface area contributed by atoms with Gasteiger partial charge in [-0.05, 0) is 13.3 Å². The number of aliphatic hydroxyl groups is 1. The minimum Gasteiger partial charge on any atom is -0.392 e. The Bertz CT molecular complexity index is 218. The highest BCUT2D eigenvalue weighted by atomic mass is 16.3. The maximum absolute atomic E-state index is 11.4. The minimum absolute atomic E-state index is 0.00424. The van der Waals surface area contributed by atoms with Crippen LogP contribution in [0.3, 0.4) is 0 Å². The van der Waals surface area contributed by atoms with Gasteiger partial charge in [-0.25, -0.2) is 0 Å². The molecule has 5 heteroatoms. The first-order chi connectivity index (χ1) is 6.59. The van der Waals surface area contributed by atoms with Crippen molar-refractivity contribution >= 4 is 11.8 Å². The van der Waals surface area contributed by atoms with Crippen LogP contribution in [-0.2, 0) is 9.59 Å².